The Morgan fingerprint density at radius 2 is 0.841 bits per heavy atom. The lowest BCUT2D eigenvalue weighted by atomic mass is 9.92. The van der Waals surface area contributed by atoms with Crippen LogP contribution in [0, 0.1) is 0 Å². The summed E-state index contributed by atoms with van der Waals surface area (Å²) in [5.41, 5.74) is 18.3. The van der Waals surface area contributed by atoms with E-state index in [0.29, 0.717) is 0 Å². The Bertz CT molecular complexity index is 3890. The minimum atomic E-state index is 0.907. The monoisotopic (exact) mass is 802 g/mol. The molecule has 10 aromatic carbocycles. The summed E-state index contributed by atoms with van der Waals surface area (Å²) in [6.45, 7) is 0. The van der Waals surface area contributed by atoms with Crippen molar-refractivity contribution < 1.29 is 4.42 Å². The van der Waals surface area contributed by atoms with Crippen molar-refractivity contribution >= 4 is 65.6 Å². The molecule has 0 amide bonds. The maximum Gasteiger partial charge on any atom is 0.135 e. The molecule has 3 heterocycles. The van der Waals surface area contributed by atoms with Crippen molar-refractivity contribution in [1.82, 2.24) is 9.13 Å². The fraction of sp³-hybridized carbons (Fsp3) is 0. The van der Waals surface area contributed by atoms with Gasteiger partial charge in [0.1, 0.15) is 11.2 Å². The average Bonchev–Trinajstić information content (AvgIpc) is 4.02. The second-order valence-electron chi connectivity index (χ2n) is 16.5. The first-order chi connectivity index (χ1) is 31.2. The number of nitrogens with zero attached hydrogens (tertiary/aromatic N) is 2. The van der Waals surface area contributed by atoms with Crippen molar-refractivity contribution in [2.45, 2.75) is 0 Å². The molecular formula is C60H38N2O. The second-order valence-corrected chi connectivity index (χ2v) is 16.5. The zero-order valence-electron chi connectivity index (χ0n) is 34.2. The standard InChI is InChI=1S/C60H38N2O/c1-3-14-40(15-4-1)46-34-32-45(38-53(46)41-28-26-39(27-29-41)42-31-35-59-54(36-42)51-20-9-12-25-58(51)63-59)62-56-24-11-8-19-49(56)52-22-13-21-47(60(52)62)43-30-33-50-48-18-7-10-23-55(48)61(57(50)37-43)44-16-5-2-6-17-44/h1-38H. The second kappa shape index (κ2) is 14.1. The zero-order valence-corrected chi connectivity index (χ0v) is 34.2. The van der Waals surface area contributed by atoms with Crippen molar-refractivity contribution in [2.24, 2.45) is 0 Å². The highest BCUT2D eigenvalue weighted by molar-refractivity contribution is 6.15. The molecule has 0 aliphatic rings. The van der Waals surface area contributed by atoms with Gasteiger partial charge in [-0.25, -0.2) is 0 Å². The number of fused-ring (bicyclic) bond motifs is 9. The van der Waals surface area contributed by atoms with E-state index in [9.17, 15) is 0 Å². The zero-order chi connectivity index (χ0) is 41.4. The van der Waals surface area contributed by atoms with Crippen LogP contribution in [0.15, 0.2) is 235 Å². The number of hydrogen-bond acceptors (Lipinski definition) is 1. The number of para-hydroxylation sites is 5. The Kier molecular flexibility index (Phi) is 7.91. The molecule has 0 fully saturated rings. The summed E-state index contributed by atoms with van der Waals surface area (Å²) in [7, 11) is 0. The van der Waals surface area contributed by atoms with Crippen LogP contribution in [0.2, 0.25) is 0 Å². The van der Waals surface area contributed by atoms with Crippen LogP contribution in [0.25, 0.3) is 121 Å². The van der Waals surface area contributed by atoms with Gasteiger partial charge >= 0.3 is 0 Å². The minimum absolute atomic E-state index is 0.907. The Balaban J connectivity index is 1.00. The summed E-state index contributed by atoms with van der Waals surface area (Å²) in [6.07, 6.45) is 0. The summed E-state index contributed by atoms with van der Waals surface area (Å²) in [5, 5.41) is 7.23. The Morgan fingerprint density at radius 1 is 0.254 bits per heavy atom. The number of furan rings is 1. The molecule has 0 unspecified atom stereocenters. The van der Waals surface area contributed by atoms with Crippen LogP contribution in [0.1, 0.15) is 0 Å². The molecule has 0 N–H and O–H groups in total. The van der Waals surface area contributed by atoms with Crippen molar-refractivity contribution in [1.29, 1.82) is 0 Å². The highest BCUT2D eigenvalue weighted by Gasteiger charge is 2.20. The SMILES string of the molecule is c1ccc(-c2ccc(-n3c4ccccc4c4cccc(-c5ccc6c7ccccc7n(-c7ccccc7)c6c5)c43)cc2-c2ccc(-c3ccc4oc5ccccc5c4c3)cc2)cc1. The van der Waals surface area contributed by atoms with E-state index in [1.807, 2.05) is 12.1 Å². The molecule has 0 radical (unpaired) electrons. The van der Waals surface area contributed by atoms with Crippen LogP contribution in [0.4, 0.5) is 0 Å². The van der Waals surface area contributed by atoms with Crippen molar-refractivity contribution in [3.63, 3.8) is 0 Å². The summed E-state index contributed by atoms with van der Waals surface area (Å²) in [4.78, 5) is 0. The maximum absolute atomic E-state index is 6.15. The van der Waals surface area contributed by atoms with Gasteiger partial charge in [-0.15, -0.1) is 0 Å². The molecule has 0 aliphatic carbocycles. The topological polar surface area (TPSA) is 23.0 Å². The molecule has 13 rings (SSSR count). The van der Waals surface area contributed by atoms with E-state index in [2.05, 4.69) is 228 Å². The number of benzene rings is 10. The van der Waals surface area contributed by atoms with E-state index in [-0.39, 0.29) is 0 Å². The number of rotatable bonds is 6. The molecule has 63 heavy (non-hydrogen) atoms. The van der Waals surface area contributed by atoms with Gasteiger partial charge in [0.2, 0.25) is 0 Å². The van der Waals surface area contributed by atoms with Gasteiger partial charge < -0.3 is 13.6 Å². The third-order valence-corrected chi connectivity index (χ3v) is 12.9. The normalized spacial score (nSPS) is 11.8. The van der Waals surface area contributed by atoms with E-state index in [1.165, 1.54) is 77.0 Å². The highest BCUT2D eigenvalue weighted by atomic mass is 16.3. The molecule has 0 spiro atoms. The third kappa shape index (κ3) is 5.60. The summed E-state index contributed by atoms with van der Waals surface area (Å²) in [5.74, 6) is 0. The molecule has 0 saturated heterocycles. The predicted molar refractivity (Wildman–Crippen MR) is 264 cm³/mol. The van der Waals surface area contributed by atoms with E-state index >= 15 is 0 Å². The minimum Gasteiger partial charge on any atom is -0.456 e. The molecular weight excluding hydrogens is 765 g/mol. The van der Waals surface area contributed by atoms with E-state index in [1.54, 1.807) is 0 Å². The summed E-state index contributed by atoms with van der Waals surface area (Å²) >= 11 is 0. The van der Waals surface area contributed by atoms with Crippen LogP contribution < -0.4 is 0 Å². The number of aromatic nitrogens is 2. The molecule has 3 aromatic heterocycles. The molecule has 13 aromatic rings. The summed E-state index contributed by atoms with van der Waals surface area (Å²) in [6, 6.07) is 83.6. The molecule has 0 atom stereocenters. The molecule has 0 bridgehead atoms. The van der Waals surface area contributed by atoms with Crippen LogP contribution >= 0.6 is 0 Å². The van der Waals surface area contributed by atoms with Crippen LogP contribution in [-0.4, -0.2) is 9.13 Å². The van der Waals surface area contributed by atoms with Gasteiger partial charge in [-0.3, -0.25) is 0 Å². The Labute approximate surface area is 363 Å². The highest BCUT2D eigenvalue weighted by Crippen LogP contribution is 2.43. The third-order valence-electron chi connectivity index (χ3n) is 12.9. The van der Waals surface area contributed by atoms with Gasteiger partial charge in [0.15, 0.2) is 0 Å². The maximum atomic E-state index is 6.15. The fourth-order valence-corrected chi connectivity index (χ4v) is 10.0. The van der Waals surface area contributed by atoms with Crippen molar-refractivity contribution in [3.8, 4) is 55.9 Å². The first-order valence-electron chi connectivity index (χ1n) is 21.6. The predicted octanol–water partition coefficient (Wildman–Crippen LogP) is 16.4. The van der Waals surface area contributed by atoms with Crippen LogP contribution in [-0.2, 0) is 0 Å². The average molecular weight is 803 g/mol. The molecule has 294 valence electrons. The van der Waals surface area contributed by atoms with Crippen molar-refractivity contribution in [2.75, 3.05) is 0 Å². The lowest BCUT2D eigenvalue weighted by Crippen LogP contribution is -1.98. The molecule has 3 heteroatoms. The summed E-state index contributed by atoms with van der Waals surface area (Å²) < 4.78 is 11.0. The number of hydrogen-bond donors (Lipinski definition) is 0. The lowest BCUT2D eigenvalue weighted by Gasteiger charge is -2.17. The van der Waals surface area contributed by atoms with E-state index in [4.69, 9.17) is 4.42 Å². The Hall–Kier alpha value is -8.40. The smallest absolute Gasteiger partial charge is 0.135 e. The quantitative estimate of drug-likeness (QED) is 0.164. The van der Waals surface area contributed by atoms with Gasteiger partial charge in [0.05, 0.1) is 22.1 Å². The molecule has 3 nitrogen and oxygen atoms in total. The van der Waals surface area contributed by atoms with Gasteiger partial charge in [-0.05, 0) is 99.6 Å². The van der Waals surface area contributed by atoms with Gasteiger partial charge in [-0.2, -0.15) is 0 Å². The van der Waals surface area contributed by atoms with Gasteiger partial charge in [0.25, 0.3) is 0 Å². The van der Waals surface area contributed by atoms with E-state index < -0.39 is 0 Å². The van der Waals surface area contributed by atoms with Crippen LogP contribution in [0.3, 0.4) is 0 Å². The van der Waals surface area contributed by atoms with Crippen LogP contribution in [0.5, 0.6) is 0 Å². The first kappa shape index (κ1) is 35.4. The van der Waals surface area contributed by atoms with Crippen molar-refractivity contribution in [3.05, 3.63) is 231 Å². The van der Waals surface area contributed by atoms with Gasteiger partial charge in [-0.1, -0.05) is 170 Å². The molecule has 0 aliphatic heterocycles. The fourth-order valence-electron chi connectivity index (χ4n) is 10.0. The molecule has 0 saturated carbocycles. The van der Waals surface area contributed by atoms with Gasteiger partial charge in [0, 0.05) is 49.3 Å². The first-order valence-corrected chi connectivity index (χ1v) is 21.6. The van der Waals surface area contributed by atoms with E-state index in [0.717, 1.165) is 44.4 Å². The lowest BCUT2D eigenvalue weighted by molar-refractivity contribution is 0.669. The largest absolute Gasteiger partial charge is 0.456 e. The Morgan fingerprint density at radius 3 is 1.65 bits per heavy atom.